The Labute approximate surface area is 110 Å². The Hall–Kier alpha value is -1.34. The molecule has 1 unspecified atom stereocenters. The largest absolute Gasteiger partial charge is 0.297 e. The maximum Gasteiger partial charge on any atom is 0.0764 e. The second kappa shape index (κ2) is 7.17. The molecular formula is C14H24N4. The fraction of sp³-hybridized carbons (Fsp3) is 0.714. The maximum absolute atomic E-state index is 8.70. The molecule has 1 aromatic rings. The molecule has 4 heteroatoms. The topological polar surface area (TPSA) is 44.9 Å². The van der Waals surface area contributed by atoms with E-state index < -0.39 is 0 Å². The molecule has 1 aromatic heterocycles. The van der Waals surface area contributed by atoms with Crippen LogP contribution in [0, 0.1) is 11.3 Å². The zero-order valence-electron chi connectivity index (χ0n) is 11.9. The molecule has 0 saturated carbocycles. The SMILES string of the molecule is CCC(CC)n1ccc(CN(C)C(C)CC#N)n1. The summed E-state index contributed by atoms with van der Waals surface area (Å²) in [4.78, 5) is 2.17. The Morgan fingerprint density at radius 2 is 2.11 bits per heavy atom. The van der Waals surface area contributed by atoms with Crippen molar-refractivity contribution < 1.29 is 0 Å². The lowest BCUT2D eigenvalue weighted by molar-refractivity contribution is 0.248. The van der Waals surface area contributed by atoms with Crippen LogP contribution in [-0.2, 0) is 6.54 Å². The van der Waals surface area contributed by atoms with Crippen LogP contribution in [-0.4, -0.2) is 27.8 Å². The highest BCUT2D eigenvalue weighted by atomic mass is 15.3. The minimum absolute atomic E-state index is 0.272. The monoisotopic (exact) mass is 248 g/mol. The molecule has 0 radical (unpaired) electrons. The summed E-state index contributed by atoms with van der Waals surface area (Å²) in [5.41, 5.74) is 1.08. The average Bonchev–Trinajstić information content (AvgIpc) is 2.79. The number of aromatic nitrogens is 2. The Balaban J connectivity index is 2.61. The minimum Gasteiger partial charge on any atom is -0.297 e. The Kier molecular flexibility index (Phi) is 5.87. The van der Waals surface area contributed by atoms with E-state index in [4.69, 9.17) is 5.26 Å². The van der Waals surface area contributed by atoms with E-state index in [-0.39, 0.29) is 6.04 Å². The Morgan fingerprint density at radius 1 is 1.44 bits per heavy atom. The number of hydrogen-bond acceptors (Lipinski definition) is 3. The van der Waals surface area contributed by atoms with Gasteiger partial charge >= 0.3 is 0 Å². The molecule has 1 rings (SSSR count). The molecule has 1 atom stereocenters. The molecule has 100 valence electrons. The van der Waals surface area contributed by atoms with E-state index in [1.165, 1.54) is 0 Å². The van der Waals surface area contributed by atoms with Crippen molar-refractivity contribution in [2.45, 2.75) is 58.7 Å². The molecule has 0 spiro atoms. The van der Waals surface area contributed by atoms with Gasteiger partial charge in [-0.15, -0.1) is 0 Å². The molecule has 4 nitrogen and oxygen atoms in total. The van der Waals surface area contributed by atoms with Crippen LogP contribution < -0.4 is 0 Å². The van der Waals surface area contributed by atoms with E-state index in [0.29, 0.717) is 12.5 Å². The molecule has 1 heterocycles. The van der Waals surface area contributed by atoms with E-state index in [1.54, 1.807) is 0 Å². The van der Waals surface area contributed by atoms with Crippen molar-refractivity contribution >= 4 is 0 Å². The first-order valence-electron chi connectivity index (χ1n) is 6.73. The molecule has 0 aromatic carbocycles. The highest BCUT2D eigenvalue weighted by Gasteiger charge is 2.12. The Morgan fingerprint density at radius 3 is 2.67 bits per heavy atom. The van der Waals surface area contributed by atoms with Crippen LogP contribution in [0.3, 0.4) is 0 Å². The normalized spacial score (nSPS) is 12.9. The second-order valence-corrected chi connectivity index (χ2v) is 4.88. The fourth-order valence-corrected chi connectivity index (χ4v) is 2.03. The first-order chi connectivity index (χ1) is 8.62. The van der Waals surface area contributed by atoms with Gasteiger partial charge < -0.3 is 0 Å². The molecule has 0 aliphatic carbocycles. The van der Waals surface area contributed by atoms with Crippen molar-refractivity contribution in [1.29, 1.82) is 5.26 Å². The van der Waals surface area contributed by atoms with Gasteiger partial charge in [-0.3, -0.25) is 9.58 Å². The smallest absolute Gasteiger partial charge is 0.0764 e. The third-order valence-corrected chi connectivity index (χ3v) is 3.53. The van der Waals surface area contributed by atoms with Crippen LogP contribution >= 0.6 is 0 Å². The zero-order chi connectivity index (χ0) is 13.5. The first-order valence-corrected chi connectivity index (χ1v) is 6.73. The van der Waals surface area contributed by atoms with Crippen LogP contribution in [0.25, 0.3) is 0 Å². The number of nitriles is 1. The van der Waals surface area contributed by atoms with Gasteiger partial charge in [0.05, 0.1) is 24.2 Å². The molecule has 0 fully saturated rings. The predicted octanol–water partition coefficient (Wildman–Crippen LogP) is 2.98. The quantitative estimate of drug-likeness (QED) is 0.745. The maximum atomic E-state index is 8.70. The van der Waals surface area contributed by atoms with Crippen LogP contribution in [0.15, 0.2) is 12.3 Å². The van der Waals surface area contributed by atoms with E-state index in [0.717, 1.165) is 25.1 Å². The standard InChI is InChI=1S/C14H24N4/c1-5-14(6-2)18-10-8-13(16-18)11-17(4)12(3)7-9-15/h8,10,12,14H,5-7,11H2,1-4H3. The summed E-state index contributed by atoms with van der Waals surface area (Å²) >= 11 is 0. The molecular weight excluding hydrogens is 224 g/mol. The average molecular weight is 248 g/mol. The van der Waals surface area contributed by atoms with Gasteiger partial charge in [0.25, 0.3) is 0 Å². The molecule has 0 saturated heterocycles. The third-order valence-electron chi connectivity index (χ3n) is 3.53. The van der Waals surface area contributed by atoms with Gasteiger partial charge in [-0.05, 0) is 32.9 Å². The highest BCUT2D eigenvalue weighted by molar-refractivity contribution is 5.00. The third kappa shape index (κ3) is 3.85. The van der Waals surface area contributed by atoms with Crippen LogP contribution in [0.5, 0.6) is 0 Å². The Bertz CT molecular complexity index is 387. The second-order valence-electron chi connectivity index (χ2n) is 4.88. The number of rotatable bonds is 7. The summed E-state index contributed by atoms with van der Waals surface area (Å²) in [7, 11) is 2.04. The van der Waals surface area contributed by atoms with Gasteiger partial charge in [0.15, 0.2) is 0 Å². The summed E-state index contributed by atoms with van der Waals surface area (Å²) in [6.07, 6.45) is 4.84. The van der Waals surface area contributed by atoms with E-state index in [9.17, 15) is 0 Å². The van der Waals surface area contributed by atoms with Gasteiger partial charge in [-0.1, -0.05) is 13.8 Å². The minimum atomic E-state index is 0.272. The molecule has 0 aliphatic rings. The molecule has 18 heavy (non-hydrogen) atoms. The lowest BCUT2D eigenvalue weighted by atomic mass is 10.2. The van der Waals surface area contributed by atoms with E-state index >= 15 is 0 Å². The highest BCUT2D eigenvalue weighted by Crippen LogP contribution is 2.15. The lowest BCUT2D eigenvalue weighted by Gasteiger charge is -2.21. The van der Waals surface area contributed by atoms with Crippen LogP contribution in [0.1, 0.15) is 51.8 Å². The van der Waals surface area contributed by atoms with Crippen LogP contribution in [0.4, 0.5) is 0 Å². The van der Waals surface area contributed by atoms with Gasteiger partial charge in [0.2, 0.25) is 0 Å². The van der Waals surface area contributed by atoms with Crippen molar-refractivity contribution in [3.63, 3.8) is 0 Å². The van der Waals surface area contributed by atoms with Gasteiger partial charge in [-0.25, -0.2) is 0 Å². The summed E-state index contributed by atoms with van der Waals surface area (Å²) < 4.78 is 2.07. The predicted molar refractivity (Wildman–Crippen MR) is 73.0 cm³/mol. The number of hydrogen-bond donors (Lipinski definition) is 0. The van der Waals surface area contributed by atoms with E-state index in [2.05, 4.69) is 53.8 Å². The molecule has 0 amide bonds. The zero-order valence-corrected chi connectivity index (χ0v) is 11.9. The van der Waals surface area contributed by atoms with Crippen molar-refractivity contribution in [3.05, 3.63) is 18.0 Å². The summed E-state index contributed by atoms with van der Waals surface area (Å²) in [6.45, 7) is 7.25. The lowest BCUT2D eigenvalue weighted by Crippen LogP contribution is -2.28. The van der Waals surface area contributed by atoms with Crippen LogP contribution in [0.2, 0.25) is 0 Å². The molecule has 0 aliphatic heterocycles. The summed E-state index contributed by atoms with van der Waals surface area (Å²) in [5, 5.41) is 13.3. The van der Waals surface area contributed by atoms with Crippen molar-refractivity contribution in [1.82, 2.24) is 14.7 Å². The number of nitrogens with zero attached hydrogens (tertiary/aromatic N) is 4. The van der Waals surface area contributed by atoms with Gasteiger partial charge in [0, 0.05) is 18.8 Å². The van der Waals surface area contributed by atoms with Crippen molar-refractivity contribution in [2.75, 3.05) is 7.05 Å². The van der Waals surface area contributed by atoms with Crippen molar-refractivity contribution in [2.24, 2.45) is 0 Å². The summed E-state index contributed by atoms with van der Waals surface area (Å²) in [6, 6.07) is 5.06. The van der Waals surface area contributed by atoms with Gasteiger partial charge in [-0.2, -0.15) is 10.4 Å². The first kappa shape index (κ1) is 14.7. The van der Waals surface area contributed by atoms with Crippen molar-refractivity contribution in [3.8, 4) is 6.07 Å². The fourth-order valence-electron chi connectivity index (χ4n) is 2.03. The summed E-state index contributed by atoms with van der Waals surface area (Å²) in [5.74, 6) is 0. The molecule has 0 N–H and O–H groups in total. The van der Waals surface area contributed by atoms with E-state index in [1.807, 2.05) is 7.05 Å². The molecule has 0 bridgehead atoms. The van der Waals surface area contributed by atoms with Gasteiger partial charge in [0.1, 0.15) is 0 Å².